The molecule has 236 valence electrons. The molecule has 2 heterocycles. The van der Waals surface area contributed by atoms with E-state index in [1.807, 2.05) is 6.07 Å². The van der Waals surface area contributed by atoms with E-state index in [1.54, 1.807) is 42.5 Å². The van der Waals surface area contributed by atoms with Gasteiger partial charge in [-0.05, 0) is 62.1 Å². The maximum Gasteiger partial charge on any atom is 0.272 e. The fourth-order valence-electron chi connectivity index (χ4n) is 5.85. The Bertz CT molecular complexity index is 1500. The predicted molar refractivity (Wildman–Crippen MR) is 178 cm³/mol. The number of para-hydroxylation sites is 1. The van der Waals surface area contributed by atoms with Gasteiger partial charge in [0.05, 0.1) is 34.8 Å². The van der Waals surface area contributed by atoms with Crippen LogP contribution in [0.15, 0.2) is 58.5 Å². The number of thioether (sulfide) groups is 2. The van der Waals surface area contributed by atoms with E-state index >= 15 is 0 Å². The summed E-state index contributed by atoms with van der Waals surface area (Å²) in [5.41, 5.74) is 7.42. The molecule has 0 spiro atoms. The second-order valence-corrected chi connectivity index (χ2v) is 13.5. The summed E-state index contributed by atoms with van der Waals surface area (Å²) in [5.74, 6) is -0.749. The molecule has 4 aliphatic rings. The third-order valence-electron chi connectivity index (χ3n) is 8.29. The van der Waals surface area contributed by atoms with Gasteiger partial charge >= 0.3 is 0 Å². The standard InChI is InChI=1S/C32H37N7O4S2/c40-27-19-44-31(34-22-9-3-1-4-10-22)38(27)36-29(42)21-15-17-24(18-16-21)33-26-14-8-7-13-25(26)30(43)37-39-28(41)20-45-32(39)35-23-11-5-2-6-12-23/h7-8,13-18,22-23,33H,1-6,9-12,19-20H2,(H,36,42)(H,37,43). The van der Waals surface area contributed by atoms with Gasteiger partial charge in [-0.3, -0.25) is 40.0 Å². The molecule has 3 N–H and O–H groups in total. The molecular weight excluding hydrogens is 611 g/mol. The molecule has 0 radical (unpaired) electrons. The quantitative estimate of drug-likeness (QED) is 0.356. The average Bonchev–Trinajstić information content (AvgIpc) is 3.58. The van der Waals surface area contributed by atoms with Crippen molar-refractivity contribution in [3.63, 3.8) is 0 Å². The molecule has 13 heteroatoms. The van der Waals surface area contributed by atoms with E-state index in [-0.39, 0.29) is 35.4 Å². The minimum absolute atomic E-state index is 0.178. The lowest BCUT2D eigenvalue weighted by Gasteiger charge is -2.22. The maximum atomic E-state index is 13.4. The molecule has 2 saturated carbocycles. The molecule has 4 fully saturated rings. The number of benzene rings is 2. The maximum absolute atomic E-state index is 13.4. The average molecular weight is 648 g/mol. The van der Waals surface area contributed by atoms with Gasteiger partial charge in [0.15, 0.2) is 10.3 Å². The highest BCUT2D eigenvalue weighted by molar-refractivity contribution is 8.15. The highest BCUT2D eigenvalue weighted by Gasteiger charge is 2.33. The summed E-state index contributed by atoms with van der Waals surface area (Å²) in [5, 5.41) is 6.89. The zero-order valence-corrected chi connectivity index (χ0v) is 26.6. The van der Waals surface area contributed by atoms with Crippen LogP contribution in [0.2, 0.25) is 0 Å². The van der Waals surface area contributed by atoms with Gasteiger partial charge in [-0.1, -0.05) is 74.2 Å². The van der Waals surface area contributed by atoms with E-state index in [1.165, 1.54) is 46.4 Å². The zero-order valence-electron chi connectivity index (χ0n) is 25.0. The van der Waals surface area contributed by atoms with Crippen molar-refractivity contribution in [1.29, 1.82) is 0 Å². The van der Waals surface area contributed by atoms with Crippen molar-refractivity contribution in [2.45, 2.75) is 76.3 Å². The Labute approximate surface area is 271 Å². The Morgan fingerprint density at radius 2 is 1.18 bits per heavy atom. The third kappa shape index (κ3) is 7.70. The van der Waals surface area contributed by atoms with Gasteiger partial charge in [-0.25, -0.2) is 0 Å². The summed E-state index contributed by atoms with van der Waals surface area (Å²) in [7, 11) is 0. The normalized spacial score (nSPS) is 21.5. The van der Waals surface area contributed by atoms with Crippen LogP contribution >= 0.6 is 23.5 Å². The number of hydrogen-bond acceptors (Lipinski definition) is 9. The van der Waals surface area contributed by atoms with E-state index in [0.717, 1.165) is 51.4 Å². The molecule has 0 unspecified atom stereocenters. The fourth-order valence-corrected chi connectivity index (χ4v) is 7.61. The number of hydrogen-bond donors (Lipinski definition) is 3. The molecule has 2 saturated heterocycles. The zero-order chi connectivity index (χ0) is 31.2. The number of hydrazine groups is 2. The predicted octanol–water partition coefficient (Wildman–Crippen LogP) is 5.25. The first-order chi connectivity index (χ1) is 21.9. The number of nitrogens with zero attached hydrogens (tertiary/aromatic N) is 4. The Morgan fingerprint density at radius 1 is 0.667 bits per heavy atom. The summed E-state index contributed by atoms with van der Waals surface area (Å²) in [6.07, 6.45) is 11.0. The second-order valence-electron chi connectivity index (χ2n) is 11.6. The van der Waals surface area contributed by atoms with Crippen molar-refractivity contribution in [2.24, 2.45) is 9.98 Å². The van der Waals surface area contributed by atoms with E-state index in [9.17, 15) is 19.2 Å². The molecule has 2 aliphatic heterocycles. The van der Waals surface area contributed by atoms with Crippen LogP contribution in [0.4, 0.5) is 11.4 Å². The summed E-state index contributed by atoms with van der Waals surface area (Å²) < 4.78 is 0. The van der Waals surface area contributed by atoms with Crippen LogP contribution < -0.4 is 16.2 Å². The van der Waals surface area contributed by atoms with Crippen molar-refractivity contribution in [2.75, 3.05) is 16.8 Å². The van der Waals surface area contributed by atoms with E-state index in [4.69, 9.17) is 9.98 Å². The minimum atomic E-state index is -0.430. The van der Waals surface area contributed by atoms with Gasteiger partial charge < -0.3 is 5.32 Å². The molecule has 2 aliphatic carbocycles. The molecule has 2 aromatic carbocycles. The van der Waals surface area contributed by atoms with Crippen LogP contribution in [0, 0.1) is 0 Å². The largest absolute Gasteiger partial charge is 0.355 e. The first-order valence-electron chi connectivity index (χ1n) is 15.6. The Morgan fingerprint density at radius 3 is 1.73 bits per heavy atom. The van der Waals surface area contributed by atoms with Crippen LogP contribution in [-0.4, -0.2) is 67.6 Å². The molecule has 0 bridgehead atoms. The second kappa shape index (κ2) is 14.5. The van der Waals surface area contributed by atoms with E-state index < -0.39 is 11.8 Å². The number of carbonyl (C=O) groups is 4. The smallest absolute Gasteiger partial charge is 0.272 e. The fraction of sp³-hybridized carbons (Fsp3) is 0.438. The third-order valence-corrected chi connectivity index (χ3v) is 10.2. The molecule has 0 atom stereocenters. The van der Waals surface area contributed by atoms with Gasteiger partial charge in [0.1, 0.15) is 0 Å². The Kier molecular flexibility index (Phi) is 10.0. The summed E-state index contributed by atoms with van der Waals surface area (Å²) in [6, 6.07) is 14.2. The molecule has 2 aromatic rings. The van der Waals surface area contributed by atoms with Gasteiger partial charge in [0, 0.05) is 11.3 Å². The van der Waals surface area contributed by atoms with E-state index in [2.05, 4.69) is 16.2 Å². The number of amidine groups is 2. The van der Waals surface area contributed by atoms with Crippen LogP contribution in [0.25, 0.3) is 0 Å². The van der Waals surface area contributed by atoms with Crippen LogP contribution in [0.3, 0.4) is 0 Å². The number of amides is 4. The first kappa shape index (κ1) is 31.2. The van der Waals surface area contributed by atoms with Crippen molar-refractivity contribution < 1.29 is 19.2 Å². The SMILES string of the molecule is O=C(NN1C(=O)CSC1=NC1CCCCC1)c1ccc(Nc2ccccc2C(=O)NN2C(=O)CSC2=NC2CCCCC2)cc1. The lowest BCUT2D eigenvalue weighted by atomic mass is 9.96. The van der Waals surface area contributed by atoms with Crippen LogP contribution in [0.5, 0.6) is 0 Å². The summed E-state index contributed by atoms with van der Waals surface area (Å²) in [4.78, 5) is 61.1. The van der Waals surface area contributed by atoms with Gasteiger partial charge in [0.25, 0.3) is 23.6 Å². The van der Waals surface area contributed by atoms with Gasteiger partial charge in [0.2, 0.25) is 0 Å². The topological polar surface area (TPSA) is 136 Å². The van der Waals surface area contributed by atoms with Crippen LogP contribution in [0.1, 0.15) is 84.9 Å². The number of carbonyl (C=O) groups excluding carboxylic acids is 4. The van der Waals surface area contributed by atoms with Crippen molar-refractivity contribution in [1.82, 2.24) is 20.9 Å². The lowest BCUT2D eigenvalue weighted by Crippen LogP contribution is -2.46. The number of rotatable bonds is 8. The molecular formula is C32H37N7O4S2. The molecule has 11 nitrogen and oxygen atoms in total. The minimum Gasteiger partial charge on any atom is -0.355 e. The highest BCUT2D eigenvalue weighted by Crippen LogP contribution is 2.27. The summed E-state index contributed by atoms with van der Waals surface area (Å²) >= 11 is 2.71. The molecule has 0 aromatic heterocycles. The molecule has 6 rings (SSSR count). The molecule has 4 amide bonds. The van der Waals surface area contributed by atoms with Crippen LogP contribution in [-0.2, 0) is 9.59 Å². The number of aliphatic imine (C=N–C) groups is 2. The number of anilines is 2. The van der Waals surface area contributed by atoms with Gasteiger partial charge in [-0.15, -0.1) is 0 Å². The first-order valence-corrected chi connectivity index (χ1v) is 17.6. The van der Waals surface area contributed by atoms with Crippen molar-refractivity contribution >= 4 is 68.9 Å². The van der Waals surface area contributed by atoms with Crippen molar-refractivity contribution in [3.8, 4) is 0 Å². The van der Waals surface area contributed by atoms with E-state index in [0.29, 0.717) is 32.8 Å². The summed E-state index contributed by atoms with van der Waals surface area (Å²) in [6.45, 7) is 0. The lowest BCUT2D eigenvalue weighted by molar-refractivity contribution is -0.126. The van der Waals surface area contributed by atoms with Crippen molar-refractivity contribution in [3.05, 3.63) is 59.7 Å². The number of nitrogens with one attached hydrogen (secondary N) is 3. The monoisotopic (exact) mass is 647 g/mol. The molecule has 45 heavy (non-hydrogen) atoms. The Balaban J connectivity index is 1.09. The highest BCUT2D eigenvalue weighted by atomic mass is 32.2. The Hall–Kier alpha value is -3.84. The van der Waals surface area contributed by atoms with Gasteiger partial charge in [-0.2, -0.15) is 10.0 Å².